The maximum atomic E-state index is 12.1. The van der Waals surface area contributed by atoms with E-state index in [2.05, 4.69) is 27.0 Å². The Hall–Kier alpha value is -1.53. The fourth-order valence-electron chi connectivity index (χ4n) is 2.66. The van der Waals surface area contributed by atoms with Gasteiger partial charge in [0.15, 0.2) is 5.17 Å². The van der Waals surface area contributed by atoms with Gasteiger partial charge in [0.2, 0.25) is 5.91 Å². The summed E-state index contributed by atoms with van der Waals surface area (Å²) in [4.78, 5) is 21.2. The molecule has 2 aliphatic rings. The molecule has 1 aromatic carbocycles. The van der Waals surface area contributed by atoms with Crippen LogP contribution in [0.4, 0.5) is 5.69 Å². The van der Waals surface area contributed by atoms with Gasteiger partial charge in [-0.15, -0.1) is 0 Å². The van der Waals surface area contributed by atoms with Crippen LogP contribution < -0.4 is 5.32 Å². The summed E-state index contributed by atoms with van der Waals surface area (Å²) in [6.07, 6.45) is 0. The minimum Gasteiger partial charge on any atom is -0.349 e. The average molecular weight is 318 g/mol. The summed E-state index contributed by atoms with van der Waals surface area (Å²) < 4.78 is 0. The van der Waals surface area contributed by atoms with Crippen molar-refractivity contribution in [2.24, 2.45) is 4.99 Å². The first-order valence-electron chi connectivity index (χ1n) is 7.74. The Bertz CT molecular complexity index is 540. The average Bonchev–Trinajstić information content (AvgIpc) is 2.95. The topological polar surface area (TPSA) is 47.9 Å². The Morgan fingerprint density at radius 3 is 2.64 bits per heavy atom. The number of amidine groups is 1. The number of para-hydroxylation sites is 1. The van der Waals surface area contributed by atoms with Crippen molar-refractivity contribution in [2.45, 2.75) is 12.2 Å². The largest absolute Gasteiger partial charge is 0.349 e. The number of hydrogen-bond donors (Lipinski definition) is 1. The second kappa shape index (κ2) is 7.15. The van der Waals surface area contributed by atoms with Crippen LogP contribution in [0.5, 0.6) is 0 Å². The van der Waals surface area contributed by atoms with Gasteiger partial charge in [-0.2, -0.15) is 0 Å². The summed E-state index contributed by atoms with van der Waals surface area (Å²) in [7, 11) is 0. The fourth-order valence-corrected chi connectivity index (χ4v) is 3.65. The van der Waals surface area contributed by atoms with E-state index < -0.39 is 0 Å². The minimum atomic E-state index is 0.0563. The van der Waals surface area contributed by atoms with E-state index in [1.54, 1.807) is 0 Å². The van der Waals surface area contributed by atoms with Gasteiger partial charge in [0.1, 0.15) is 0 Å². The Kier molecular flexibility index (Phi) is 5.00. The van der Waals surface area contributed by atoms with Crippen LogP contribution in [0.15, 0.2) is 35.3 Å². The highest BCUT2D eigenvalue weighted by Crippen LogP contribution is 2.23. The molecule has 3 rings (SSSR count). The van der Waals surface area contributed by atoms with Gasteiger partial charge in [0.25, 0.3) is 0 Å². The molecular weight excluding hydrogens is 296 g/mol. The van der Waals surface area contributed by atoms with Crippen LogP contribution in [-0.2, 0) is 4.79 Å². The summed E-state index contributed by atoms with van der Waals surface area (Å²) >= 11 is 1.87. The van der Waals surface area contributed by atoms with Gasteiger partial charge in [-0.25, -0.2) is 0 Å². The van der Waals surface area contributed by atoms with Crippen LogP contribution in [-0.4, -0.2) is 65.4 Å². The van der Waals surface area contributed by atoms with Gasteiger partial charge in [0, 0.05) is 37.1 Å². The third-order valence-corrected chi connectivity index (χ3v) is 5.01. The SMILES string of the molecule is CC1CN=C(N2CCN(CC(=O)Nc3ccccc3)CC2)S1. The highest BCUT2D eigenvalue weighted by molar-refractivity contribution is 8.14. The van der Waals surface area contributed by atoms with Crippen LogP contribution in [0.3, 0.4) is 0 Å². The van der Waals surface area contributed by atoms with E-state index in [1.807, 2.05) is 42.1 Å². The summed E-state index contributed by atoms with van der Waals surface area (Å²) in [5, 5.41) is 4.72. The van der Waals surface area contributed by atoms with Gasteiger partial charge in [-0.05, 0) is 12.1 Å². The fraction of sp³-hybridized carbons (Fsp3) is 0.500. The Morgan fingerprint density at radius 1 is 1.27 bits per heavy atom. The van der Waals surface area contributed by atoms with E-state index in [1.165, 1.54) is 5.17 Å². The molecule has 1 unspecified atom stereocenters. The molecule has 6 heteroatoms. The van der Waals surface area contributed by atoms with Crippen molar-refractivity contribution in [3.63, 3.8) is 0 Å². The molecule has 1 N–H and O–H groups in total. The lowest BCUT2D eigenvalue weighted by molar-refractivity contribution is -0.117. The zero-order chi connectivity index (χ0) is 15.4. The van der Waals surface area contributed by atoms with Crippen molar-refractivity contribution in [1.29, 1.82) is 0 Å². The number of anilines is 1. The van der Waals surface area contributed by atoms with Crippen molar-refractivity contribution in [1.82, 2.24) is 9.80 Å². The van der Waals surface area contributed by atoms with Gasteiger partial charge in [0.05, 0.1) is 13.1 Å². The molecule has 1 amide bonds. The molecular formula is C16H22N4OS. The molecule has 0 radical (unpaired) electrons. The third-order valence-electron chi connectivity index (χ3n) is 3.86. The third kappa shape index (κ3) is 4.01. The predicted octanol–water partition coefficient (Wildman–Crippen LogP) is 1.73. The molecule has 2 heterocycles. The quantitative estimate of drug-likeness (QED) is 0.922. The maximum Gasteiger partial charge on any atom is 0.238 e. The smallest absolute Gasteiger partial charge is 0.238 e. The maximum absolute atomic E-state index is 12.1. The molecule has 1 fully saturated rings. The highest BCUT2D eigenvalue weighted by atomic mass is 32.2. The molecule has 0 aliphatic carbocycles. The summed E-state index contributed by atoms with van der Waals surface area (Å²) in [6.45, 7) is 7.34. The van der Waals surface area contributed by atoms with E-state index in [-0.39, 0.29) is 5.91 Å². The Labute approximate surface area is 135 Å². The molecule has 2 aliphatic heterocycles. The highest BCUT2D eigenvalue weighted by Gasteiger charge is 2.25. The zero-order valence-electron chi connectivity index (χ0n) is 12.9. The first-order valence-corrected chi connectivity index (χ1v) is 8.62. The lowest BCUT2D eigenvalue weighted by atomic mass is 10.3. The van der Waals surface area contributed by atoms with Crippen molar-refractivity contribution in [2.75, 3.05) is 44.6 Å². The molecule has 0 spiro atoms. The van der Waals surface area contributed by atoms with E-state index in [0.717, 1.165) is 38.4 Å². The van der Waals surface area contributed by atoms with Crippen LogP contribution in [0.2, 0.25) is 0 Å². The number of nitrogens with one attached hydrogen (secondary N) is 1. The lowest BCUT2D eigenvalue weighted by Crippen LogP contribution is -2.49. The Morgan fingerprint density at radius 2 is 2.00 bits per heavy atom. The molecule has 0 aromatic heterocycles. The normalized spacial score (nSPS) is 22.5. The first kappa shape index (κ1) is 15.4. The predicted molar refractivity (Wildman–Crippen MR) is 92.4 cm³/mol. The van der Waals surface area contributed by atoms with Gasteiger partial charge >= 0.3 is 0 Å². The summed E-state index contributed by atoms with van der Waals surface area (Å²) in [5.41, 5.74) is 0.858. The number of benzene rings is 1. The number of carbonyl (C=O) groups is 1. The van der Waals surface area contributed by atoms with Crippen LogP contribution >= 0.6 is 11.8 Å². The molecule has 0 bridgehead atoms. The summed E-state index contributed by atoms with van der Waals surface area (Å²) in [5.74, 6) is 0.0563. The number of amides is 1. The van der Waals surface area contributed by atoms with Gasteiger partial charge in [-0.3, -0.25) is 14.7 Å². The van der Waals surface area contributed by atoms with Crippen LogP contribution in [0.25, 0.3) is 0 Å². The van der Waals surface area contributed by atoms with Crippen molar-refractivity contribution in [3.8, 4) is 0 Å². The number of nitrogens with zero attached hydrogens (tertiary/aromatic N) is 3. The van der Waals surface area contributed by atoms with E-state index in [0.29, 0.717) is 11.8 Å². The van der Waals surface area contributed by atoms with Crippen molar-refractivity contribution >= 4 is 28.5 Å². The van der Waals surface area contributed by atoms with Crippen molar-refractivity contribution < 1.29 is 4.79 Å². The lowest BCUT2D eigenvalue weighted by Gasteiger charge is -2.35. The monoisotopic (exact) mass is 318 g/mol. The molecule has 1 aromatic rings. The van der Waals surface area contributed by atoms with E-state index >= 15 is 0 Å². The number of piperazine rings is 1. The number of thioether (sulfide) groups is 1. The van der Waals surface area contributed by atoms with Crippen LogP contribution in [0.1, 0.15) is 6.92 Å². The molecule has 118 valence electrons. The zero-order valence-corrected chi connectivity index (χ0v) is 13.7. The second-order valence-corrected chi connectivity index (χ2v) is 7.13. The number of carbonyl (C=O) groups excluding carboxylic acids is 1. The summed E-state index contributed by atoms with van der Waals surface area (Å²) in [6, 6.07) is 9.61. The number of aliphatic imine (C=N–C) groups is 1. The van der Waals surface area contributed by atoms with E-state index in [9.17, 15) is 4.79 Å². The number of hydrogen-bond acceptors (Lipinski definition) is 5. The number of rotatable bonds is 3. The molecule has 1 atom stereocenters. The molecule has 5 nitrogen and oxygen atoms in total. The standard InChI is InChI=1S/C16H22N4OS/c1-13-11-17-16(22-13)20-9-7-19(8-10-20)12-15(21)18-14-5-3-2-4-6-14/h2-6,13H,7-12H2,1H3,(H,18,21). The van der Waals surface area contributed by atoms with Gasteiger partial charge < -0.3 is 10.2 Å². The van der Waals surface area contributed by atoms with Crippen molar-refractivity contribution in [3.05, 3.63) is 30.3 Å². The van der Waals surface area contributed by atoms with Gasteiger partial charge in [-0.1, -0.05) is 36.9 Å². The molecule has 22 heavy (non-hydrogen) atoms. The second-order valence-electron chi connectivity index (χ2n) is 5.73. The Balaban J connectivity index is 1.43. The molecule has 0 saturated carbocycles. The minimum absolute atomic E-state index is 0.0563. The molecule has 1 saturated heterocycles. The van der Waals surface area contributed by atoms with Crippen LogP contribution in [0, 0.1) is 0 Å². The first-order chi connectivity index (χ1) is 10.7. The van der Waals surface area contributed by atoms with E-state index in [4.69, 9.17) is 0 Å².